The van der Waals surface area contributed by atoms with Gasteiger partial charge in [0.25, 0.3) is 0 Å². The monoisotopic (exact) mass is 290 g/mol. The molecule has 1 N–H and O–H groups in total. The van der Waals surface area contributed by atoms with Crippen LogP contribution in [-0.2, 0) is 0 Å². The largest absolute Gasteiger partial charge is 0.478 e. The third-order valence-electron chi connectivity index (χ3n) is 5.69. The Morgan fingerprint density at radius 1 is 1.00 bits per heavy atom. The van der Waals surface area contributed by atoms with Crippen LogP contribution in [0.15, 0.2) is 12.3 Å². The van der Waals surface area contributed by atoms with Gasteiger partial charge < -0.3 is 4.74 Å². The molecule has 21 heavy (non-hydrogen) atoms. The molecular formula is C18H30N2O. The van der Waals surface area contributed by atoms with Crippen LogP contribution in [-0.4, -0.2) is 16.8 Å². The summed E-state index contributed by atoms with van der Waals surface area (Å²) in [6, 6.07) is 1.91. The molecule has 3 nitrogen and oxygen atoms in total. The van der Waals surface area contributed by atoms with Gasteiger partial charge in [0, 0.05) is 6.07 Å². The minimum absolute atomic E-state index is 0.820. The summed E-state index contributed by atoms with van der Waals surface area (Å²) >= 11 is 0. The summed E-state index contributed by atoms with van der Waals surface area (Å²) in [7, 11) is 0. The van der Waals surface area contributed by atoms with Crippen LogP contribution >= 0.6 is 0 Å². The Morgan fingerprint density at radius 3 is 2.14 bits per heavy atom. The standard InChI is InChI=1S/C18H30N2O/c1-3-7-15(8-4-1)17(16-9-5-2-6-10-16)12-14-21-18-11-13-19-20-18/h11,13,15-17H,1-10,12,14H2,(H,19,20). The first-order valence-electron chi connectivity index (χ1n) is 9.05. The second kappa shape index (κ2) is 7.86. The van der Waals surface area contributed by atoms with Gasteiger partial charge in [-0.1, -0.05) is 64.2 Å². The molecule has 1 aromatic rings. The third-order valence-corrected chi connectivity index (χ3v) is 5.69. The molecule has 2 fully saturated rings. The van der Waals surface area contributed by atoms with Crippen LogP contribution in [0.25, 0.3) is 0 Å². The molecule has 2 aliphatic rings. The second-order valence-electron chi connectivity index (χ2n) is 7.02. The predicted octanol–water partition coefficient (Wildman–Crippen LogP) is 4.96. The molecule has 0 atom stereocenters. The Hall–Kier alpha value is -0.990. The number of hydrogen-bond acceptors (Lipinski definition) is 2. The van der Waals surface area contributed by atoms with Gasteiger partial charge in [-0.15, -0.1) is 0 Å². The third kappa shape index (κ3) is 4.24. The Morgan fingerprint density at radius 2 is 1.62 bits per heavy atom. The Kier molecular flexibility index (Phi) is 5.59. The Balaban J connectivity index is 1.54. The number of nitrogens with zero attached hydrogens (tertiary/aromatic N) is 1. The van der Waals surface area contributed by atoms with Gasteiger partial charge in [0.15, 0.2) is 0 Å². The topological polar surface area (TPSA) is 37.9 Å². The van der Waals surface area contributed by atoms with Crippen molar-refractivity contribution in [1.29, 1.82) is 0 Å². The van der Waals surface area contributed by atoms with E-state index in [0.29, 0.717) is 0 Å². The van der Waals surface area contributed by atoms with Crippen LogP contribution in [0, 0.1) is 17.8 Å². The van der Waals surface area contributed by atoms with Crippen molar-refractivity contribution < 1.29 is 4.74 Å². The molecule has 0 unspecified atom stereocenters. The average molecular weight is 290 g/mol. The van der Waals surface area contributed by atoms with E-state index in [0.717, 1.165) is 30.2 Å². The van der Waals surface area contributed by atoms with E-state index in [1.165, 1.54) is 70.6 Å². The fourth-order valence-electron chi connectivity index (χ4n) is 4.61. The number of hydrogen-bond donors (Lipinski definition) is 1. The normalized spacial score (nSPS) is 21.8. The number of nitrogens with one attached hydrogen (secondary N) is 1. The highest BCUT2D eigenvalue weighted by atomic mass is 16.5. The van der Waals surface area contributed by atoms with E-state index in [1.807, 2.05) is 6.07 Å². The molecule has 0 amide bonds. The molecule has 1 aromatic heterocycles. The average Bonchev–Trinajstić information content (AvgIpc) is 3.07. The lowest BCUT2D eigenvalue weighted by molar-refractivity contribution is 0.115. The lowest BCUT2D eigenvalue weighted by Gasteiger charge is -2.38. The minimum Gasteiger partial charge on any atom is -0.478 e. The lowest BCUT2D eigenvalue weighted by atomic mass is 9.68. The number of ether oxygens (including phenoxy) is 1. The first kappa shape index (κ1) is 14.9. The van der Waals surface area contributed by atoms with Crippen LogP contribution in [0.1, 0.15) is 70.6 Å². The maximum absolute atomic E-state index is 5.84. The van der Waals surface area contributed by atoms with E-state index in [2.05, 4.69) is 10.2 Å². The predicted molar refractivity (Wildman–Crippen MR) is 85.3 cm³/mol. The number of aromatic amines is 1. The zero-order chi connectivity index (χ0) is 14.3. The Bertz CT molecular complexity index is 360. The molecule has 0 bridgehead atoms. The second-order valence-corrected chi connectivity index (χ2v) is 7.02. The zero-order valence-electron chi connectivity index (χ0n) is 13.2. The molecular weight excluding hydrogens is 260 g/mol. The van der Waals surface area contributed by atoms with E-state index < -0.39 is 0 Å². The highest BCUT2D eigenvalue weighted by molar-refractivity contribution is 5.03. The molecule has 3 heteroatoms. The summed E-state index contributed by atoms with van der Waals surface area (Å²) in [5.41, 5.74) is 0. The molecule has 0 saturated heterocycles. The fourth-order valence-corrected chi connectivity index (χ4v) is 4.61. The van der Waals surface area contributed by atoms with E-state index in [4.69, 9.17) is 4.74 Å². The van der Waals surface area contributed by atoms with Crippen molar-refractivity contribution in [3.05, 3.63) is 12.3 Å². The minimum atomic E-state index is 0.820. The molecule has 1 heterocycles. The van der Waals surface area contributed by atoms with Gasteiger partial charge >= 0.3 is 0 Å². The molecule has 3 rings (SSSR count). The highest BCUT2D eigenvalue weighted by Crippen LogP contribution is 2.41. The summed E-state index contributed by atoms with van der Waals surface area (Å²) in [6.07, 6.45) is 17.6. The van der Waals surface area contributed by atoms with Gasteiger partial charge in [-0.25, -0.2) is 5.10 Å². The van der Waals surface area contributed by atoms with Crippen molar-refractivity contribution in [2.24, 2.45) is 17.8 Å². The van der Waals surface area contributed by atoms with Crippen molar-refractivity contribution in [3.8, 4) is 5.88 Å². The van der Waals surface area contributed by atoms with Gasteiger partial charge in [0.2, 0.25) is 5.88 Å². The molecule has 2 saturated carbocycles. The highest BCUT2D eigenvalue weighted by Gasteiger charge is 2.31. The molecule has 0 aromatic carbocycles. The van der Waals surface area contributed by atoms with Crippen LogP contribution in [0.4, 0.5) is 0 Å². The summed E-state index contributed by atoms with van der Waals surface area (Å²) in [5.74, 6) is 3.65. The van der Waals surface area contributed by atoms with E-state index in [1.54, 1.807) is 6.20 Å². The quantitative estimate of drug-likeness (QED) is 0.804. The number of aromatic nitrogens is 2. The molecule has 0 radical (unpaired) electrons. The van der Waals surface area contributed by atoms with Gasteiger partial charge in [-0.2, -0.15) is 5.10 Å². The number of H-pyrrole nitrogens is 1. The van der Waals surface area contributed by atoms with Gasteiger partial charge in [0.1, 0.15) is 0 Å². The van der Waals surface area contributed by atoms with E-state index in [9.17, 15) is 0 Å². The Labute approximate surface area is 128 Å². The molecule has 118 valence electrons. The molecule has 0 spiro atoms. The maximum atomic E-state index is 5.84. The van der Waals surface area contributed by atoms with E-state index >= 15 is 0 Å². The summed E-state index contributed by atoms with van der Waals surface area (Å²) in [4.78, 5) is 0. The first-order chi connectivity index (χ1) is 10.4. The lowest BCUT2D eigenvalue weighted by Crippen LogP contribution is -2.28. The van der Waals surface area contributed by atoms with Crippen molar-refractivity contribution in [1.82, 2.24) is 10.2 Å². The van der Waals surface area contributed by atoms with Crippen LogP contribution in [0.5, 0.6) is 5.88 Å². The summed E-state index contributed by atoms with van der Waals surface area (Å²) < 4.78 is 5.84. The fraction of sp³-hybridized carbons (Fsp3) is 0.833. The van der Waals surface area contributed by atoms with Crippen molar-refractivity contribution in [3.63, 3.8) is 0 Å². The molecule has 2 aliphatic carbocycles. The first-order valence-corrected chi connectivity index (χ1v) is 9.05. The van der Waals surface area contributed by atoms with Gasteiger partial charge in [-0.3, -0.25) is 0 Å². The van der Waals surface area contributed by atoms with Crippen molar-refractivity contribution in [2.75, 3.05) is 6.61 Å². The smallest absolute Gasteiger partial charge is 0.208 e. The maximum Gasteiger partial charge on any atom is 0.208 e. The SMILES string of the molecule is c1cc(OCCC(C2CCCCC2)C2CCCCC2)[nH]n1. The summed E-state index contributed by atoms with van der Waals surface area (Å²) in [6.45, 7) is 0.847. The van der Waals surface area contributed by atoms with Crippen LogP contribution < -0.4 is 4.74 Å². The summed E-state index contributed by atoms with van der Waals surface area (Å²) in [5, 5.41) is 6.85. The molecule has 0 aliphatic heterocycles. The van der Waals surface area contributed by atoms with Gasteiger partial charge in [0.05, 0.1) is 12.8 Å². The van der Waals surface area contributed by atoms with Gasteiger partial charge in [-0.05, 0) is 24.2 Å². The van der Waals surface area contributed by atoms with E-state index in [-0.39, 0.29) is 0 Å². The van der Waals surface area contributed by atoms with Crippen LogP contribution in [0.3, 0.4) is 0 Å². The van der Waals surface area contributed by atoms with Crippen LogP contribution in [0.2, 0.25) is 0 Å². The number of rotatable bonds is 6. The van der Waals surface area contributed by atoms with Crippen molar-refractivity contribution >= 4 is 0 Å². The zero-order valence-corrected chi connectivity index (χ0v) is 13.2. The van der Waals surface area contributed by atoms with Crippen molar-refractivity contribution in [2.45, 2.75) is 70.6 Å².